The van der Waals surface area contributed by atoms with Gasteiger partial charge < -0.3 is 9.88 Å². The van der Waals surface area contributed by atoms with Crippen molar-refractivity contribution in [3.05, 3.63) is 39.6 Å². The zero-order chi connectivity index (χ0) is 15.4. The van der Waals surface area contributed by atoms with Gasteiger partial charge in [0.15, 0.2) is 4.77 Å². The van der Waals surface area contributed by atoms with Crippen LogP contribution < -0.4 is 5.32 Å². The van der Waals surface area contributed by atoms with Crippen molar-refractivity contribution in [1.82, 2.24) is 25.1 Å². The van der Waals surface area contributed by atoms with E-state index in [9.17, 15) is 4.79 Å². The van der Waals surface area contributed by atoms with Crippen molar-refractivity contribution < 1.29 is 4.79 Å². The van der Waals surface area contributed by atoms with Crippen LogP contribution in [-0.4, -0.2) is 32.2 Å². The first-order chi connectivity index (χ1) is 9.99. The lowest BCUT2D eigenvalue weighted by molar-refractivity contribution is 0.0953. The number of pyridine rings is 1. The van der Waals surface area contributed by atoms with Crippen molar-refractivity contribution in [2.24, 2.45) is 0 Å². The number of amides is 1. The van der Waals surface area contributed by atoms with E-state index in [0.717, 1.165) is 5.82 Å². The molecular formula is C13H16ClN5OS. The van der Waals surface area contributed by atoms with E-state index in [1.165, 1.54) is 6.20 Å². The van der Waals surface area contributed by atoms with E-state index in [1.54, 1.807) is 12.1 Å². The molecule has 1 amide bonds. The maximum atomic E-state index is 11.9. The SMILES string of the molecule is CC(C)n1c(CCNC(=O)c2ccc(Cl)nc2)n[nH]c1=S. The van der Waals surface area contributed by atoms with E-state index in [-0.39, 0.29) is 11.9 Å². The minimum Gasteiger partial charge on any atom is -0.352 e. The predicted octanol–water partition coefficient (Wildman–Crippen LogP) is 2.54. The summed E-state index contributed by atoms with van der Waals surface area (Å²) in [6.45, 7) is 4.54. The number of nitrogens with one attached hydrogen (secondary N) is 2. The maximum absolute atomic E-state index is 11.9. The van der Waals surface area contributed by atoms with E-state index in [0.29, 0.717) is 28.5 Å². The van der Waals surface area contributed by atoms with Gasteiger partial charge in [-0.15, -0.1) is 0 Å². The number of carbonyl (C=O) groups excluding carboxylic acids is 1. The molecule has 2 N–H and O–H groups in total. The molecule has 2 rings (SSSR count). The van der Waals surface area contributed by atoms with Gasteiger partial charge in [-0.25, -0.2) is 4.98 Å². The van der Waals surface area contributed by atoms with Crippen LogP contribution in [0.25, 0.3) is 0 Å². The van der Waals surface area contributed by atoms with Crippen molar-refractivity contribution >= 4 is 29.7 Å². The Bertz CT molecular complexity index is 677. The molecule has 0 saturated carbocycles. The molecule has 0 spiro atoms. The minimum atomic E-state index is -0.190. The molecule has 0 aromatic carbocycles. The molecular weight excluding hydrogens is 310 g/mol. The summed E-state index contributed by atoms with van der Waals surface area (Å²) in [5, 5.41) is 10.1. The zero-order valence-corrected chi connectivity index (χ0v) is 13.3. The number of carbonyl (C=O) groups is 1. The van der Waals surface area contributed by atoms with E-state index < -0.39 is 0 Å². The van der Waals surface area contributed by atoms with E-state index in [2.05, 4.69) is 20.5 Å². The highest BCUT2D eigenvalue weighted by molar-refractivity contribution is 7.71. The van der Waals surface area contributed by atoms with Gasteiger partial charge in [-0.05, 0) is 38.2 Å². The molecule has 0 atom stereocenters. The lowest BCUT2D eigenvalue weighted by Gasteiger charge is -2.10. The average Bonchev–Trinajstić information content (AvgIpc) is 2.80. The van der Waals surface area contributed by atoms with Crippen molar-refractivity contribution in [3.63, 3.8) is 0 Å². The van der Waals surface area contributed by atoms with Crippen LogP contribution in [0, 0.1) is 4.77 Å². The van der Waals surface area contributed by atoms with Gasteiger partial charge in [0.05, 0.1) is 5.56 Å². The highest BCUT2D eigenvalue weighted by Crippen LogP contribution is 2.09. The number of halogens is 1. The van der Waals surface area contributed by atoms with Gasteiger partial charge in [0, 0.05) is 25.2 Å². The maximum Gasteiger partial charge on any atom is 0.252 e. The second-order valence-corrected chi connectivity index (χ2v) is 5.56. The summed E-state index contributed by atoms with van der Waals surface area (Å²) in [7, 11) is 0. The summed E-state index contributed by atoms with van der Waals surface area (Å²) in [5.41, 5.74) is 0.474. The third kappa shape index (κ3) is 3.89. The normalized spacial score (nSPS) is 10.9. The lowest BCUT2D eigenvalue weighted by Crippen LogP contribution is -2.26. The van der Waals surface area contributed by atoms with Crippen LogP contribution in [0.1, 0.15) is 36.1 Å². The van der Waals surface area contributed by atoms with Crippen molar-refractivity contribution in [1.29, 1.82) is 0 Å². The predicted molar refractivity (Wildman–Crippen MR) is 83.1 cm³/mol. The van der Waals surface area contributed by atoms with Crippen LogP contribution in [0.5, 0.6) is 0 Å². The smallest absolute Gasteiger partial charge is 0.252 e. The molecule has 112 valence electrons. The second kappa shape index (κ2) is 6.82. The first kappa shape index (κ1) is 15.7. The molecule has 2 aromatic rings. The Morgan fingerprint density at radius 2 is 2.29 bits per heavy atom. The summed E-state index contributed by atoms with van der Waals surface area (Å²) in [6, 6.07) is 3.44. The number of aromatic amines is 1. The molecule has 6 nitrogen and oxygen atoms in total. The molecule has 0 saturated heterocycles. The van der Waals surface area contributed by atoms with Crippen molar-refractivity contribution in [2.45, 2.75) is 26.3 Å². The Hall–Kier alpha value is -1.73. The molecule has 0 aliphatic rings. The Morgan fingerprint density at radius 1 is 1.52 bits per heavy atom. The highest BCUT2D eigenvalue weighted by Gasteiger charge is 2.10. The first-order valence-electron chi connectivity index (χ1n) is 6.54. The molecule has 0 aliphatic heterocycles. The largest absolute Gasteiger partial charge is 0.352 e. The zero-order valence-electron chi connectivity index (χ0n) is 11.8. The van der Waals surface area contributed by atoms with Crippen molar-refractivity contribution in [2.75, 3.05) is 6.54 Å². The summed E-state index contributed by atoms with van der Waals surface area (Å²) < 4.78 is 2.53. The summed E-state index contributed by atoms with van der Waals surface area (Å²) in [4.78, 5) is 15.8. The summed E-state index contributed by atoms with van der Waals surface area (Å²) in [6.07, 6.45) is 2.04. The van der Waals surface area contributed by atoms with Crippen LogP contribution >= 0.6 is 23.8 Å². The Morgan fingerprint density at radius 3 is 2.90 bits per heavy atom. The fourth-order valence-corrected chi connectivity index (χ4v) is 2.42. The van der Waals surface area contributed by atoms with Gasteiger partial charge in [-0.2, -0.15) is 5.10 Å². The topological polar surface area (TPSA) is 75.6 Å². The summed E-state index contributed by atoms with van der Waals surface area (Å²) in [5.74, 6) is 0.633. The highest BCUT2D eigenvalue weighted by atomic mass is 35.5. The molecule has 0 unspecified atom stereocenters. The summed E-state index contributed by atoms with van der Waals surface area (Å²) >= 11 is 10.9. The van der Waals surface area contributed by atoms with Gasteiger partial charge in [-0.1, -0.05) is 11.6 Å². The molecule has 2 heterocycles. The fraction of sp³-hybridized carbons (Fsp3) is 0.385. The molecule has 0 radical (unpaired) electrons. The standard InChI is InChI=1S/C13H16ClN5OS/c1-8(2)19-11(17-18-13(19)21)5-6-15-12(20)9-3-4-10(14)16-7-9/h3-4,7-8H,5-6H2,1-2H3,(H,15,20)(H,18,21). The Balaban J connectivity index is 1.94. The third-order valence-electron chi connectivity index (χ3n) is 2.92. The van der Waals surface area contributed by atoms with Crippen LogP contribution in [0.4, 0.5) is 0 Å². The number of nitrogens with zero attached hydrogens (tertiary/aromatic N) is 3. The molecule has 8 heteroatoms. The number of aromatic nitrogens is 4. The van der Waals surface area contributed by atoms with E-state index >= 15 is 0 Å². The van der Waals surface area contributed by atoms with Gasteiger partial charge in [0.2, 0.25) is 0 Å². The minimum absolute atomic E-state index is 0.190. The fourth-order valence-electron chi connectivity index (χ4n) is 1.95. The van der Waals surface area contributed by atoms with Gasteiger partial charge in [-0.3, -0.25) is 9.89 Å². The third-order valence-corrected chi connectivity index (χ3v) is 3.43. The molecule has 21 heavy (non-hydrogen) atoms. The monoisotopic (exact) mass is 325 g/mol. The molecule has 0 aliphatic carbocycles. The molecule has 2 aromatic heterocycles. The number of hydrogen-bond donors (Lipinski definition) is 2. The number of hydrogen-bond acceptors (Lipinski definition) is 4. The van der Waals surface area contributed by atoms with Crippen LogP contribution in [0.15, 0.2) is 18.3 Å². The van der Waals surface area contributed by atoms with Gasteiger partial charge >= 0.3 is 0 Å². The molecule has 0 bridgehead atoms. The average molecular weight is 326 g/mol. The quantitative estimate of drug-likeness (QED) is 0.654. The van der Waals surface area contributed by atoms with Gasteiger partial charge in [0.25, 0.3) is 5.91 Å². The Labute approximate surface area is 132 Å². The van der Waals surface area contributed by atoms with Gasteiger partial charge in [0.1, 0.15) is 11.0 Å². The molecule has 0 fully saturated rings. The number of H-pyrrole nitrogens is 1. The van der Waals surface area contributed by atoms with E-state index in [1.807, 2.05) is 18.4 Å². The number of rotatable bonds is 5. The Kier molecular flexibility index (Phi) is 5.08. The first-order valence-corrected chi connectivity index (χ1v) is 7.33. The van der Waals surface area contributed by atoms with Crippen LogP contribution in [0.2, 0.25) is 5.15 Å². The second-order valence-electron chi connectivity index (χ2n) is 4.78. The van der Waals surface area contributed by atoms with Crippen LogP contribution in [0.3, 0.4) is 0 Å². The lowest BCUT2D eigenvalue weighted by atomic mass is 10.2. The van der Waals surface area contributed by atoms with E-state index in [4.69, 9.17) is 23.8 Å². The van der Waals surface area contributed by atoms with Crippen LogP contribution in [-0.2, 0) is 6.42 Å². The van der Waals surface area contributed by atoms with Crippen molar-refractivity contribution in [3.8, 4) is 0 Å².